The van der Waals surface area contributed by atoms with E-state index in [-0.39, 0.29) is 0 Å². The largest absolute Gasteiger partial charge is 0.376 e. The van der Waals surface area contributed by atoms with E-state index in [9.17, 15) is 0 Å². The summed E-state index contributed by atoms with van der Waals surface area (Å²) in [5.41, 5.74) is 3.88. The van der Waals surface area contributed by atoms with E-state index in [1.54, 1.807) is 0 Å². The molecule has 1 atom stereocenters. The van der Waals surface area contributed by atoms with E-state index in [1.807, 2.05) is 0 Å². The van der Waals surface area contributed by atoms with Gasteiger partial charge in [0, 0.05) is 44.0 Å². The highest BCUT2D eigenvalue weighted by Gasteiger charge is 2.22. The number of nitrogens with zero attached hydrogens (tertiary/aromatic N) is 4. The summed E-state index contributed by atoms with van der Waals surface area (Å²) < 4.78 is 8.00. The van der Waals surface area contributed by atoms with Crippen LogP contribution in [0.1, 0.15) is 30.3 Å². The van der Waals surface area contributed by atoms with Crippen molar-refractivity contribution in [2.75, 3.05) is 40.3 Å². The maximum absolute atomic E-state index is 5.89. The van der Waals surface area contributed by atoms with E-state index in [0.717, 1.165) is 45.8 Å². The molecule has 21 heavy (non-hydrogen) atoms. The smallest absolute Gasteiger partial charge is 0.0714 e. The SMILES string of the molecule is CCn1nc(C)c(CN2CCOC(CCN(C)C)C2)c1C. The molecule has 5 nitrogen and oxygen atoms in total. The molecule has 0 radical (unpaired) electrons. The van der Waals surface area contributed by atoms with E-state index >= 15 is 0 Å². The van der Waals surface area contributed by atoms with Crippen molar-refractivity contribution < 1.29 is 4.74 Å². The second-order valence-electron chi connectivity index (χ2n) is 6.29. The van der Waals surface area contributed by atoms with Gasteiger partial charge in [-0.25, -0.2) is 0 Å². The molecule has 0 aromatic carbocycles. The van der Waals surface area contributed by atoms with Gasteiger partial charge in [-0.05, 0) is 41.3 Å². The van der Waals surface area contributed by atoms with Crippen molar-refractivity contribution in [2.45, 2.75) is 46.4 Å². The third-order valence-corrected chi connectivity index (χ3v) is 4.33. The molecule has 1 aromatic heterocycles. The number of aryl methyl sites for hydroxylation is 2. The summed E-state index contributed by atoms with van der Waals surface area (Å²) in [5, 5.41) is 4.62. The van der Waals surface area contributed by atoms with Gasteiger partial charge in [0.25, 0.3) is 0 Å². The van der Waals surface area contributed by atoms with Crippen molar-refractivity contribution in [3.63, 3.8) is 0 Å². The Bertz CT molecular complexity index is 455. The number of aromatic nitrogens is 2. The Hall–Kier alpha value is -0.910. The minimum atomic E-state index is 0.364. The van der Waals surface area contributed by atoms with Gasteiger partial charge >= 0.3 is 0 Å². The second-order valence-corrected chi connectivity index (χ2v) is 6.29. The fourth-order valence-electron chi connectivity index (χ4n) is 3.00. The quantitative estimate of drug-likeness (QED) is 0.799. The van der Waals surface area contributed by atoms with Crippen LogP contribution in [0.4, 0.5) is 0 Å². The van der Waals surface area contributed by atoms with E-state index < -0.39 is 0 Å². The molecule has 0 saturated carbocycles. The lowest BCUT2D eigenvalue weighted by atomic mass is 10.1. The Morgan fingerprint density at radius 1 is 1.33 bits per heavy atom. The van der Waals surface area contributed by atoms with E-state index in [1.165, 1.54) is 17.0 Å². The molecule has 1 fully saturated rings. The molecule has 1 saturated heterocycles. The van der Waals surface area contributed by atoms with E-state index in [2.05, 4.69) is 54.4 Å². The van der Waals surface area contributed by atoms with Crippen LogP contribution < -0.4 is 0 Å². The Morgan fingerprint density at radius 3 is 2.71 bits per heavy atom. The standard InChI is InChI=1S/C16H30N4O/c1-6-20-14(3)16(13(2)17-20)12-19-9-10-21-15(11-19)7-8-18(4)5/h15H,6-12H2,1-5H3. The Morgan fingerprint density at radius 2 is 2.10 bits per heavy atom. The summed E-state index contributed by atoms with van der Waals surface area (Å²) >= 11 is 0. The first-order valence-electron chi connectivity index (χ1n) is 8.02. The second kappa shape index (κ2) is 7.38. The van der Waals surface area contributed by atoms with Crippen molar-refractivity contribution in [3.05, 3.63) is 17.0 Å². The molecule has 1 aliphatic rings. The molecule has 1 unspecified atom stereocenters. The average Bonchev–Trinajstić information content (AvgIpc) is 2.73. The van der Waals surface area contributed by atoms with Crippen LogP contribution in [0.15, 0.2) is 0 Å². The van der Waals surface area contributed by atoms with Gasteiger partial charge in [-0.3, -0.25) is 9.58 Å². The lowest BCUT2D eigenvalue weighted by Gasteiger charge is -2.33. The molecule has 1 aliphatic heterocycles. The zero-order valence-electron chi connectivity index (χ0n) is 14.2. The number of morpholine rings is 1. The summed E-state index contributed by atoms with van der Waals surface area (Å²) in [6.07, 6.45) is 1.47. The molecule has 2 rings (SSSR count). The van der Waals surface area contributed by atoms with Crippen molar-refractivity contribution in [2.24, 2.45) is 0 Å². The lowest BCUT2D eigenvalue weighted by Crippen LogP contribution is -2.43. The first kappa shape index (κ1) is 16.5. The average molecular weight is 294 g/mol. The minimum Gasteiger partial charge on any atom is -0.376 e. The number of hydrogen-bond donors (Lipinski definition) is 0. The van der Waals surface area contributed by atoms with Gasteiger partial charge in [0.05, 0.1) is 18.4 Å². The summed E-state index contributed by atoms with van der Waals surface area (Å²) in [6, 6.07) is 0. The van der Waals surface area contributed by atoms with Gasteiger partial charge in [0.2, 0.25) is 0 Å². The maximum atomic E-state index is 5.89. The molecule has 5 heteroatoms. The minimum absolute atomic E-state index is 0.364. The number of ether oxygens (including phenoxy) is 1. The van der Waals surface area contributed by atoms with Crippen LogP contribution in [-0.2, 0) is 17.8 Å². The van der Waals surface area contributed by atoms with Gasteiger partial charge in [0.1, 0.15) is 0 Å². The zero-order valence-corrected chi connectivity index (χ0v) is 14.2. The molecule has 120 valence electrons. The molecule has 0 amide bonds. The zero-order chi connectivity index (χ0) is 15.4. The van der Waals surface area contributed by atoms with Gasteiger partial charge in [-0.15, -0.1) is 0 Å². The third kappa shape index (κ3) is 4.28. The van der Waals surface area contributed by atoms with Crippen LogP contribution in [-0.4, -0.2) is 66.0 Å². The van der Waals surface area contributed by atoms with Gasteiger partial charge in [0.15, 0.2) is 0 Å². The normalized spacial score (nSPS) is 20.4. The van der Waals surface area contributed by atoms with Crippen LogP contribution in [0.2, 0.25) is 0 Å². The fraction of sp³-hybridized carbons (Fsp3) is 0.812. The fourth-order valence-corrected chi connectivity index (χ4v) is 3.00. The van der Waals surface area contributed by atoms with Crippen LogP contribution in [0, 0.1) is 13.8 Å². The van der Waals surface area contributed by atoms with Crippen molar-refractivity contribution in [1.82, 2.24) is 19.6 Å². The Balaban J connectivity index is 1.95. The molecular weight excluding hydrogens is 264 g/mol. The summed E-state index contributed by atoms with van der Waals surface area (Å²) in [4.78, 5) is 4.74. The van der Waals surface area contributed by atoms with Crippen molar-refractivity contribution >= 4 is 0 Å². The molecule has 0 spiro atoms. The highest BCUT2D eigenvalue weighted by molar-refractivity contribution is 5.24. The molecule has 0 N–H and O–H groups in total. The molecule has 2 heterocycles. The first-order valence-corrected chi connectivity index (χ1v) is 8.02. The Labute approximate surface area is 128 Å². The lowest BCUT2D eigenvalue weighted by molar-refractivity contribution is -0.0371. The van der Waals surface area contributed by atoms with Crippen molar-refractivity contribution in [3.8, 4) is 0 Å². The number of hydrogen-bond acceptors (Lipinski definition) is 4. The first-order chi connectivity index (χ1) is 10.0. The maximum Gasteiger partial charge on any atom is 0.0714 e. The summed E-state index contributed by atoms with van der Waals surface area (Å²) in [6.45, 7) is 12.4. The Kier molecular flexibility index (Phi) is 5.79. The van der Waals surface area contributed by atoms with Crippen molar-refractivity contribution in [1.29, 1.82) is 0 Å². The highest BCUT2D eigenvalue weighted by atomic mass is 16.5. The molecule has 0 bridgehead atoms. The predicted molar refractivity (Wildman–Crippen MR) is 85.6 cm³/mol. The van der Waals surface area contributed by atoms with Gasteiger partial charge < -0.3 is 9.64 Å². The third-order valence-electron chi connectivity index (χ3n) is 4.33. The van der Waals surface area contributed by atoms with Crippen LogP contribution in [0.5, 0.6) is 0 Å². The molecule has 1 aromatic rings. The summed E-state index contributed by atoms with van der Waals surface area (Å²) in [5.74, 6) is 0. The molecular formula is C16H30N4O. The monoisotopic (exact) mass is 294 g/mol. The van der Waals surface area contributed by atoms with Crippen LogP contribution in [0.3, 0.4) is 0 Å². The predicted octanol–water partition coefficient (Wildman–Crippen LogP) is 1.67. The van der Waals surface area contributed by atoms with Crippen LogP contribution in [0.25, 0.3) is 0 Å². The number of rotatable bonds is 6. The van der Waals surface area contributed by atoms with Crippen LogP contribution >= 0.6 is 0 Å². The molecule has 0 aliphatic carbocycles. The van der Waals surface area contributed by atoms with E-state index in [4.69, 9.17) is 4.74 Å². The highest BCUT2D eigenvalue weighted by Crippen LogP contribution is 2.18. The van der Waals surface area contributed by atoms with Gasteiger partial charge in [-0.1, -0.05) is 0 Å². The van der Waals surface area contributed by atoms with E-state index in [0.29, 0.717) is 6.10 Å². The van der Waals surface area contributed by atoms with Gasteiger partial charge in [-0.2, -0.15) is 5.10 Å². The summed E-state index contributed by atoms with van der Waals surface area (Å²) in [7, 11) is 4.24. The topological polar surface area (TPSA) is 33.5 Å².